The Morgan fingerprint density at radius 3 is 2.38 bits per heavy atom. The van der Waals surface area contributed by atoms with E-state index in [2.05, 4.69) is 6.92 Å². The zero-order valence-electron chi connectivity index (χ0n) is 16.6. The van der Waals surface area contributed by atoms with Crippen molar-refractivity contribution in [3.63, 3.8) is 0 Å². The zero-order valence-corrected chi connectivity index (χ0v) is 18.1. The van der Waals surface area contributed by atoms with Gasteiger partial charge < -0.3 is 9.80 Å². The Labute approximate surface area is 181 Å². The standard InChI is InChI=1S/C23H25ClN2O2S/c1-2-17-6-8-18(9-7-17)21(27)25-12-10-23(11-13-25)26(14-15-29-23)22(28)19-4-3-5-20(24)16-19/h3-9,16H,2,10-15H2,1H3. The van der Waals surface area contributed by atoms with Gasteiger partial charge in [-0.15, -0.1) is 11.8 Å². The van der Waals surface area contributed by atoms with Gasteiger partial charge in [0.05, 0.1) is 4.87 Å². The van der Waals surface area contributed by atoms with E-state index in [4.69, 9.17) is 11.6 Å². The highest BCUT2D eigenvalue weighted by molar-refractivity contribution is 8.00. The van der Waals surface area contributed by atoms with Gasteiger partial charge >= 0.3 is 0 Å². The van der Waals surface area contributed by atoms with Gasteiger partial charge in [0.1, 0.15) is 0 Å². The maximum absolute atomic E-state index is 13.1. The number of amides is 2. The van der Waals surface area contributed by atoms with E-state index in [-0.39, 0.29) is 16.7 Å². The summed E-state index contributed by atoms with van der Waals surface area (Å²) in [5.74, 6) is 1.05. The third-order valence-electron chi connectivity index (χ3n) is 5.94. The summed E-state index contributed by atoms with van der Waals surface area (Å²) in [5.41, 5.74) is 2.61. The zero-order chi connectivity index (χ0) is 20.4. The van der Waals surface area contributed by atoms with Crippen LogP contribution in [0.4, 0.5) is 0 Å². The molecule has 2 amide bonds. The molecular formula is C23H25ClN2O2S. The lowest BCUT2D eigenvalue weighted by molar-refractivity contribution is 0.0498. The molecular weight excluding hydrogens is 404 g/mol. The lowest BCUT2D eigenvalue weighted by Gasteiger charge is -2.44. The molecule has 2 aromatic rings. The van der Waals surface area contributed by atoms with Gasteiger partial charge in [0.25, 0.3) is 11.8 Å². The van der Waals surface area contributed by atoms with Crippen LogP contribution in [0.2, 0.25) is 5.02 Å². The minimum Gasteiger partial charge on any atom is -0.338 e. The van der Waals surface area contributed by atoms with Crippen LogP contribution in [0.15, 0.2) is 48.5 Å². The fourth-order valence-corrected chi connectivity index (χ4v) is 5.86. The predicted molar refractivity (Wildman–Crippen MR) is 119 cm³/mol. The molecule has 0 aliphatic carbocycles. The van der Waals surface area contributed by atoms with Gasteiger partial charge in [-0.3, -0.25) is 9.59 Å². The highest BCUT2D eigenvalue weighted by Gasteiger charge is 2.47. The second-order valence-corrected chi connectivity index (χ2v) is 9.50. The van der Waals surface area contributed by atoms with Crippen LogP contribution in [0.25, 0.3) is 0 Å². The van der Waals surface area contributed by atoms with Gasteiger partial charge in [0.2, 0.25) is 0 Å². The first-order valence-electron chi connectivity index (χ1n) is 10.1. The van der Waals surface area contributed by atoms with Crippen molar-refractivity contribution in [1.29, 1.82) is 0 Å². The van der Waals surface area contributed by atoms with Crippen molar-refractivity contribution in [2.75, 3.05) is 25.4 Å². The summed E-state index contributed by atoms with van der Waals surface area (Å²) in [7, 11) is 0. The van der Waals surface area contributed by atoms with Crippen molar-refractivity contribution in [3.05, 3.63) is 70.2 Å². The Balaban J connectivity index is 1.45. The quantitative estimate of drug-likeness (QED) is 0.709. The molecule has 0 bridgehead atoms. The normalized spacial score (nSPS) is 18.3. The van der Waals surface area contributed by atoms with Crippen LogP contribution in [0.3, 0.4) is 0 Å². The van der Waals surface area contributed by atoms with Gasteiger partial charge in [0.15, 0.2) is 0 Å². The van der Waals surface area contributed by atoms with E-state index in [1.165, 1.54) is 5.56 Å². The molecule has 152 valence electrons. The van der Waals surface area contributed by atoms with Crippen molar-refractivity contribution in [2.24, 2.45) is 0 Å². The average molecular weight is 429 g/mol. The Bertz CT molecular complexity index is 907. The molecule has 1 spiro atoms. The molecule has 2 heterocycles. The van der Waals surface area contributed by atoms with Crippen LogP contribution in [-0.4, -0.2) is 51.9 Å². The number of carbonyl (C=O) groups is 2. The third-order valence-corrected chi connectivity index (χ3v) is 7.72. The van der Waals surface area contributed by atoms with Crippen molar-refractivity contribution >= 4 is 35.2 Å². The highest BCUT2D eigenvalue weighted by Crippen LogP contribution is 2.44. The summed E-state index contributed by atoms with van der Waals surface area (Å²) >= 11 is 7.93. The average Bonchev–Trinajstić information content (AvgIpc) is 3.16. The number of aryl methyl sites for hydroxylation is 1. The first-order valence-corrected chi connectivity index (χ1v) is 11.5. The summed E-state index contributed by atoms with van der Waals surface area (Å²) in [6.07, 6.45) is 2.56. The number of piperidine rings is 1. The number of benzene rings is 2. The van der Waals surface area contributed by atoms with Crippen molar-refractivity contribution in [2.45, 2.75) is 31.1 Å². The van der Waals surface area contributed by atoms with Gasteiger partial charge in [0, 0.05) is 41.5 Å². The van der Waals surface area contributed by atoms with Crippen LogP contribution in [0.1, 0.15) is 46.0 Å². The van der Waals surface area contributed by atoms with Crippen molar-refractivity contribution < 1.29 is 9.59 Å². The fourth-order valence-electron chi connectivity index (χ4n) is 4.21. The molecule has 4 nitrogen and oxygen atoms in total. The molecule has 4 rings (SSSR count). The summed E-state index contributed by atoms with van der Waals surface area (Å²) in [5, 5.41) is 0.575. The molecule has 0 radical (unpaired) electrons. The SMILES string of the molecule is CCc1ccc(C(=O)N2CCC3(CC2)SCCN3C(=O)c2cccc(Cl)c2)cc1. The van der Waals surface area contributed by atoms with Crippen molar-refractivity contribution in [3.8, 4) is 0 Å². The second kappa shape index (κ2) is 8.41. The van der Waals surface area contributed by atoms with Gasteiger partial charge in [-0.25, -0.2) is 0 Å². The lowest BCUT2D eigenvalue weighted by Crippen LogP contribution is -2.53. The predicted octanol–water partition coefficient (Wildman–Crippen LogP) is 4.72. The molecule has 0 N–H and O–H groups in total. The number of hydrogen-bond acceptors (Lipinski definition) is 3. The smallest absolute Gasteiger partial charge is 0.255 e. The number of likely N-dealkylation sites (tertiary alicyclic amines) is 1. The Morgan fingerprint density at radius 1 is 1.00 bits per heavy atom. The van der Waals surface area contributed by atoms with E-state index in [0.29, 0.717) is 23.7 Å². The number of nitrogens with zero attached hydrogens (tertiary/aromatic N) is 2. The van der Waals surface area contributed by atoms with Gasteiger partial charge in [-0.05, 0) is 55.2 Å². The van der Waals surface area contributed by atoms with Crippen LogP contribution in [0, 0.1) is 0 Å². The Hall–Kier alpha value is -1.98. The summed E-state index contributed by atoms with van der Waals surface area (Å²) in [4.78, 5) is 29.7. The molecule has 6 heteroatoms. The minimum atomic E-state index is -0.220. The van der Waals surface area contributed by atoms with E-state index in [1.807, 2.05) is 58.0 Å². The van der Waals surface area contributed by atoms with Crippen LogP contribution in [0.5, 0.6) is 0 Å². The summed E-state index contributed by atoms with van der Waals surface area (Å²) < 4.78 is 0. The molecule has 0 saturated carbocycles. The number of hydrogen-bond donors (Lipinski definition) is 0. The van der Waals surface area contributed by atoms with E-state index < -0.39 is 0 Å². The molecule has 2 aliphatic heterocycles. The number of rotatable bonds is 3. The largest absolute Gasteiger partial charge is 0.338 e. The maximum Gasteiger partial charge on any atom is 0.255 e. The molecule has 0 unspecified atom stereocenters. The minimum absolute atomic E-state index is 0.0347. The highest BCUT2D eigenvalue weighted by atomic mass is 35.5. The molecule has 2 aromatic carbocycles. The maximum atomic E-state index is 13.1. The summed E-state index contributed by atoms with van der Waals surface area (Å²) in [6.45, 7) is 4.18. The van der Waals surface area contributed by atoms with Gasteiger partial charge in [-0.1, -0.05) is 36.7 Å². The van der Waals surface area contributed by atoms with Crippen molar-refractivity contribution in [1.82, 2.24) is 9.80 Å². The van der Waals surface area contributed by atoms with Crippen LogP contribution >= 0.6 is 23.4 Å². The number of halogens is 1. The monoisotopic (exact) mass is 428 g/mol. The molecule has 2 saturated heterocycles. The molecule has 0 aromatic heterocycles. The van der Waals surface area contributed by atoms with Gasteiger partial charge in [-0.2, -0.15) is 0 Å². The number of thioether (sulfide) groups is 1. The molecule has 29 heavy (non-hydrogen) atoms. The van der Waals surface area contributed by atoms with Crippen LogP contribution in [-0.2, 0) is 6.42 Å². The molecule has 0 atom stereocenters. The number of carbonyl (C=O) groups excluding carboxylic acids is 2. The Morgan fingerprint density at radius 2 is 1.72 bits per heavy atom. The van der Waals surface area contributed by atoms with E-state index >= 15 is 0 Å². The first kappa shape index (κ1) is 20.3. The molecule has 2 aliphatic rings. The van der Waals surface area contributed by atoms with Crippen LogP contribution < -0.4 is 0 Å². The summed E-state index contributed by atoms with van der Waals surface area (Å²) in [6, 6.07) is 15.0. The van der Waals surface area contributed by atoms with E-state index in [0.717, 1.165) is 37.1 Å². The first-order chi connectivity index (χ1) is 14.0. The van der Waals surface area contributed by atoms with E-state index in [9.17, 15) is 9.59 Å². The molecule has 2 fully saturated rings. The lowest BCUT2D eigenvalue weighted by atomic mass is 9.99. The fraction of sp³-hybridized carbons (Fsp3) is 0.391. The van der Waals surface area contributed by atoms with E-state index in [1.54, 1.807) is 12.1 Å². The topological polar surface area (TPSA) is 40.6 Å². The third kappa shape index (κ3) is 4.03. The second-order valence-electron chi connectivity index (χ2n) is 7.60. The Kier molecular flexibility index (Phi) is 5.88.